The first-order valence-corrected chi connectivity index (χ1v) is 10.4. The lowest BCUT2D eigenvalue weighted by molar-refractivity contribution is -0.132. The predicted molar refractivity (Wildman–Crippen MR) is 110 cm³/mol. The Morgan fingerprint density at radius 3 is 2.56 bits per heavy atom. The minimum atomic E-state index is -0.176. The van der Waals surface area contributed by atoms with Crippen LogP contribution < -0.4 is 5.32 Å². The van der Waals surface area contributed by atoms with Crippen LogP contribution >= 0.6 is 22.7 Å². The van der Waals surface area contributed by atoms with E-state index in [0.29, 0.717) is 22.2 Å². The summed E-state index contributed by atoms with van der Waals surface area (Å²) in [5.41, 5.74) is 1.77. The summed E-state index contributed by atoms with van der Waals surface area (Å²) < 4.78 is 0. The van der Waals surface area contributed by atoms with Gasteiger partial charge in [-0.25, -0.2) is 4.98 Å². The first kappa shape index (κ1) is 19.3. The maximum absolute atomic E-state index is 12.8. The largest absolute Gasteiger partial charge is 0.336 e. The van der Waals surface area contributed by atoms with E-state index in [9.17, 15) is 9.59 Å². The zero-order chi connectivity index (χ0) is 19.2. The lowest BCUT2D eigenvalue weighted by atomic mass is 10.1. The number of carbonyl (C=O) groups is 2. The van der Waals surface area contributed by atoms with E-state index in [0.717, 1.165) is 5.56 Å². The lowest BCUT2D eigenvalue weighted by Gasteiger charge is -2.26. The summed E-state index contributed by atoms with van der Waals surface area (Å²) >= 11 is 2.71. The maximum atomic E-state index is 12.8. The monoisotopic (exact) mass is 399 g/mol. The molecule has 2 heterocycles. The SMILES string of the molecule is CC(C)N(Cc1ccccc1)C(=O)Cc1csc(NC(=O)c2cccs2)n1. The number of amides is 2. The van der Waals surface area contributed by atoms with Gasteiger partial charge in [-0.05, 0) is 30.9 Å². The van der Waals surface area contributed by atoms with Crippen molar-refractivity contribution in [1.29, 1.82) is 0 Å². The van der Waals surface area contributed by atoms with Crippen LogP contribution in [0.5, 0.6) is 0 Å². The molecule has 0 radical (unpaired) electrons. The fourth-order valence-corrected chi connectivity index (χ4v) is 3.93. The zero-order valence-electron chi connectivity index (χ0n) is 15.2. The molecular formula is C20H21N3O2S2. The van der Waals surface area contributed by atoms with Crippen molar-refractivity contribution in [2.24, 2.45) is 0 Å². The van der Waals surface area contributed by atoms with Gasteiger partial charge in [0.2, 0.25) is 5.91 Å². The molecule has 7 heteroatoms. The number of aromatic nitrogens is 1. The summed E-state index contributed by atoms with van der Waals surface area (Å²) in [6.07, 6.45) is 0.219. The van der Waals surface area contributed by atoms with Crippen LogP contribution in [-0.2, 0) is 17.8 Å². The third-order valence-electron chi connectivity index (χ3n) is 3.99. The lowest BCUT2D eigenvalue weighted by Crippen LogP contribution is -2.37. The molecule has 0 saturated heterocycles. The molecule has 1 N–H and O–H groups in total. The van der Waals surface area contributed by atoms with Gasteiger partial charge in [-0.3, -0.25) is 14.9 Å². The fraction of sp³-hybridized carbons (Fsp3) is 0.250. The van der Waals surface area contributed by atoms with Gasteiger partial charge in [-0.15, -0.1) is 22.7 Å². The number of nitrogens with one attached hydrogen (secondary N) is 1. The Hall–Kier alpha value is -2.51. The number of thiazole rings is 1. The van der Waals surface area contributed by atoms with Crippen molar-refractivity contribution in [3.63, 3.8) is 0 Å². The van der Waals surface area contributed by atoms with Gasteiger partial charge in [0.1, 0.15) is 0 Å². The molecule has 3 rings (SSSR count). The molecule has 0 aliphatic rings. The van der Waals surface area contributed by atoms with Crippen molar-refractivity contribution < 1.29 is 9.59 Å². The standard InChI is InChI=1S/C20H21N3O2S2/c1-14(2)23(12-15-7-4-3-5-8-15)18(24)11-16-13-27-20(21-16)22-19(25)17-9-6-10-26-17/h3-10,13-14H,11-12H2,1-2H3,(H,21,22,25). The van der Waals surface area contributed by atoms with Gasteiger partial charge < -0.3 is 4.90 Å². The van der Waals surface area contributed by atoms with Crippen LogP contribution in [0.3, 0.4) is 0 Å². The van der Waals surface area contributed by atoms with Gasteiger partial charge in [0, 0.05) is 18.0 Å². The first-order valence-electron chi connectivity index (χ1n) is 8.65. The van der Waals surface area contributed by atoms with Gasteiger partial charge in [0.15, 0.2) is 5.13 Å². The zero-order valence-corrected chi connectivity index (χ0v) is 16.8. The highest BCUT2D eigenvalue weighted by Gasteiger charge is 2.19. The Morgan fingerprint density at radius 1 is 1.11 bits per heavy atom. The maximum Gasteiger partial charge on any atom is 0.267 e. The second kappa shape index (κ2) is 8.92. The van der Waals surface area contributed by atoms with E-state index < -0.39 is 0 Å². The number of nitrogens with zero attached hydrogens (tertiary/aromatic N) is 2. The van der Waals surface area contributed by atoms with Crippen LogP contribution in [0.25, 0.3) is 0 Å². The molecular weight excluding hydrogens is 378 g/mol. The highest BCUT2D eigenvalue weighted by Crippen LogP contribution is 2.19. The average Bonchev–Trinajstić information content (AvgIpc) is 3.32. The molecule has 140 valence electrons. The van der Waals surface area contributed by atoms with Crippen LogP contribution in [0.2, 0.25) is 0 Å². The topological polar surface area (TPSA) is 62.3 Å². The van der Waals surface area contributed by atoms with E-state index in [-0.39, 0.29) is 24.3 Å². The second-order valence-corrected chi connectivity index (χ2v) is 8.16. The summed E-state index contributed by atoms with van der Waals surface area (Å²) in [5.74, 6) is -0.152. The van der Waals surface area contributed by atoms with Crippen LogP contribution in [0.1, 0.15) is 34.8 Å². The van der Waals surface area contributed by atoms with E-state index in [4.69, 9.17) is 0 Å². The van der Waals surface area contributed by atoms with Gasteiger partial charge in [0.05, 0.1) is 17.0 Å². The number of carbonyl (C=O) groups excluding carboxylic acids is 2. The van der Waals surface area contributed by atoms with Gasteiger partial charge >= 0.3 is 0 Å². The second-order valence-electron chi connectivity index (χ2n) is 6.35. The third-order valence-corrected chi connectivity index (χ3v) is 5.66. The van der Waals surface area contributed by atoms with Crippen molar-refractivity contribution in [1.82, 2.24) is 9.88 Å². The van der Waals surface area contributed by atoms with E-state index in [1.165, 1.54) is 22.7 Å². The van der Waals surface area contributed by atoms with Crippen molar-refractivity contribution >= 4 is 39.6 Å². The smallest absolute Gasteiger partial charge is 0.267 e. The van der Waals surface area contributed by atoms with E-state index in [1.54, 1.807) is 6.07 Å². The molecule has 0 unspecified atom stereocenters. The van der Waals surface area contributed by atoms with Crippen LogP contribution in [0, 0.1) is 0 Å². The molecule has 0 aliphatic heterocycles. The highest BCUT2D eigenvalue weighted by atomic mass is 32.1. The Bertz CT molecular complexity index is 889. The number of anilines is 1. The molecule has 0 fully saturated rings. The van der Waals surface area contributed by atoms with Crippen molar-refractivity contribution in [2.45, 2.75) is 32.9 Å². The van der Waals surface area contributed by atoms with E-state index in [2.05, 4.69) is 10.3 Å². The summed E-state index contributed by atoms with van der Waals surface area (Å²) in [6, 6.07) is 13.6. The number of thiophene rings is 1. The molecule has 2 amide bonds. The van der Waals surface area contributed by atoms with Crippen LogP contribution in [0.4, 0.5) is 5.13 Å². The number of rotatable bonds is 7. The first-order chi connectivity index (χ1) is 13.0. The molecule has 2 aromatic heterocycles. The molecule has 0 aliphatic carbocycles. The molecule has 5 nitrogen and oxygen atoms in total. The van der Waals surface area contributed by atoms with Crippen molar-refractivity contribution in [3.05, 3.63) is 69.4 Å². The predicted octanol–water partition coefficient (Wildman–Crippen LogP) is 4.44. The van der Waals surface area contributed by atoms with Gasteiger partial charge in [-0.2, -0.15) is 0 Å². The number of hydrogen-bond acceptors (Lipinski definition) is 5. The molecule has 3 aromatic rings. The van der Waals surface area contributed by atoms with Crippen LogP contribution in [-0.4, -0.2) is 27.7 Å². The Balaban J connectivity index is 1.62. The number of benzene rings is 1. The minimum absolute atomic E-state index is 0.0234. The molecule has 0 saturated carbocycles. The van der Waals surface area contributed by atoms with Crippen LogP contribution in [0.15, 0.2) is 53.2 Å². The molecule has 1 aromatic carbocycles. The van der Waals surface area contributed by atoms with E-state index in [1.807, 2.05) is 65.9 Å². The number of hydrogen-bond donors (Lipinski definition) is 1. The van der Waals surface area contributed by atoms with Crippen molar-refractivity contribution in [3.8, 4) is 0 Å². The average molecular weight is 400 g/mol. The molecule has 0 bridgehead atoms. The van der Waals surface area contributed by atoms with Gasteiger partial charge in [-0.1, -0.05) is 36.4 Å². The van der Waals surface area contributed by atoms with E-state index >= 15 is 0 Å². The Morgan fingerprint density at radius 2 is 1.89 bits per heavy atom. The van der Waals surface area contributed by atoms with Gasteiger partial charge in [0.25, 0.3) is 5.91 Å². The summed E-state index contributed by atoms with van der Waals surface area (Å²) in [7, 11) is 0. The minimum Gasteiger partial charge on any atom is -0.336 e. The summed E-state index contributed by atoms with van der Waals surface area (Å²) in [4.78, 5) is 31.8. The fourth-order valence-electron chi connectivity index (χ4n) is 2.61. The normalized spacial score (nSPS) is 10.8. The quantitative estimate of drug-likeness (QED) is 0.639. The van der Waals surface area contributed by atoms with Crippen molar-refractivity contribution in [2.75, 3.05) is 5.32 Å². The Kier molecular flexibility index (Phi) is 6.36. The summed E-state index contributed by atoms with van der Waals surface area (Å²) in [6.45, 7) is 4.59. The molecule has 27 heavy (non-hydrogen) atoms. The molecule has 0 atom stereocenters. The Labute approximate surface area is 166 Å². The summed E-state index contributed by atoms with van der Waals surface area (Å²) in [5, 5.41) is 6.97. The molecule has 0 spiro atoms. The highest BCUT2D eigenvalue weighted by molar-refractivity contribution is 7.14. The third kappa shape index (κ3) is 5.24.